The van der Waals surface area contributed by atoms with E-state index in [4.69, 9.17) is 9.47 Å². The van der Waals surface area contributed by atoms with E-state index in [1.54, 1.807) is 32.4 Å². The molecule has 0 saturated carbocycles. The number of nitrogens with one attached hydrogen (secondary N) is 1. The second kappa shape index (κ2) is 8.23. The summed E-state index contributed by atoms with van der Waals surface area (Å²) >= 11 is 0. The van der Waals surface area contributed by atoms with Crippen molar-refractivity contribution in [3.8, 4) is 11.5 Å². The average molecular weight is 321 g/mol. The molecule has 1 aromatic rings. The predicted molar refractivity (Wildman–Crippen MR) is 94.3 cm³/mol. The fourth-order valence-corrected chi connectivity index (χ4v) is 2.52. The third-order valence-electron chi connectivity index (χ3n) is 4.03. The highest BCUT2D eigenvalue weighted by Crippen LogP contribution is 2.31. The standard InChI is InChI=1S/C19H31NO3/c1-13(2)11-12-16(19(3,4)5)20-18(21)14-9-8-10-15(22-6)17(14)23-7/h8-10,13,16H,11-12H2,1-7H3,(H,20,21). The summed E-state index contributed by atoms with van der Waals surface area (Å²) in [5.41, 5.74) is 0.502. The lowest BCUT2D eigenvalue weighted by atomic mass is 9.82. The van der Waals surface area contributed by atoms with Gasteiger partial charge in [0.1, 0.15) is 0 Å². The number of hydrogen-bond acceptors (Lipinski definition) is 3. The molecule has 4 nitrogen and oxygen atoms in total. The number of hydrogen-bond donors (Lipinski definition) is 1. The van der Waals surface area contributed by atoms with Crippen molar-refractivity contribution in [3.05, 3.63) is 23.8 Å². The molecule has 0 radical (unpaired) electrons. The van der Waals surface area contributed by atoms with Crippen molar-refractivity contribution in [1.29, 1.82) is 0 Å². The summed E-state index contributed by atoms with van der Waals surface area (Å²) in [6, 6.07) is 5.46. The van der Waals surface area contributed by atoms with E-state index in [0.717, 1.165) is 12.8 Å². The van der Waals surface area contributed by atoms with Gasteiger partial charge in [0, 0.05) is 6.04 Å². The van der Waals surface area contributed by atoms with Gasteiger partial charge in [-0.1, -0.05) is 40.7 Å². The summed E-state index contributed by atoms with van der Waals surface area (Å²) < 4.78 is 10.6. The first-order chi connectivity index (χ1) is 10.7. The first kappa shape index (κ1) is 19.3. The molecule has 0 saturated heterocycles. The van der Waals surface area contributed by atoms with Crippen molar-refractivity contribution >= 4 is 5.91 Å². The molecule has 4 heteroatoms. The lowest BCUT2D eigenvalue weighted by molar-refractivity contribution is 0.0890. The Morgan fingerprint density at radius 2 is 1.78 bits per heavy atom. The van der Waals surface area contributed by atoms with Crippen LogP contribution in [0.4, 0.5) is 0 Å². The molecule has 0 heterocycles. The van der Waals surface area contributed by atoms with Crippen LogP contribution in [0.2, 0.25) is 0 Å². The van der Waals surface area contributed by atoms with Gasteiger partial charge in [-0.05, 0) is 36.3 Å². The number of ether oxygens (including phenoxy) is 2. The summed E-state index contributed by atoms with van der Waals surface area (Å²) in [4.78, 5) is 12.7. The van der Waals surface area contributed by atoms with E-state index < -0.39 is 0 Å². The molecule has 1 amide bonds. The molecule has 0 fully saturated rings. The van der Waals surface area contributed by atoms with Gasteiger partial charge in [-0.3, -0.25) is 4.79 Å². The third-order valence-corrected chi connectivity index (χ3v) is 4.03. The molecular weight excluding hydrogens is 290 g/mol. The van der Waals surface area contributed by atoms with E-state index in [2.05, 4.69) is 39.9 Å². The Morgan fingerprint density at radius 1 is 1.13 bits per heavy atom. The van der Waals surface area contributed by atoms with Crippen molar-refractivity contribution in [2.24, 2.45) is 11.3 Å². The zero-order valence-electron chi connectivity index (χ0n) is 15.5. The zero-order valence-corrected chi connectivity index (χ0v) is 15.5. The number of para-hydroxylation sites is 1. The summed E-state index contributed by atoms with van der Waals surface area (Å²) in [5, 5.41) is 3.18. The van der Waals surface area contributed by atoms with Gasteiger partial charge in [0.15, 0.2) is 11.5 Å². The Labute approximate surface area is 140 Å². The highest BCUT2D eigenvalue weighted by Gasteiger charge is 2.28. The molecule has 1 aromatic carbocycles. The molecule has 1 rings (SSSR count). The van der Waals surface area contributed by atoms with Gasteiger partial charge in [-0.2, -0.15) is 0 Å². The van der Waals surface area contributed by atoms with E-state index in [1.165, 1.54) is 0 Å². The Kier molecular flexibility index (Phi) is 6.92. The molecule has 0 spiro atoms. The normalized spacial score (nSPS) is 12.9. The molecule has 1 unspecified atom stereocenters. The zero-order chi connectivity index (χ0) is 17.6. The van der Waals surface area contributed by atoms with Gasteiger partial charge >= 0.3 is 0 Å². The fourth-order valence-electron chi connectivity index (χ4n) is 2.52. The Hall–Kier alpha value is -1.71. The van der Waals surface area contributed by atoms with E-state index >= 15 is 0 Å². The minimum atomic E-state index is -0.121. The second-order valence-electron chi connectivity index (χ2n) is 7.40. The van der Waals surface area contributed by atoms with Gasteiger partial charge in [0.2, 0.25) is 0 Å². The maximum Gasteiger partial charge on any atom is 0.255 e. The van der Waals surface area contributed by atoms with E-state index in [9.17, 15) is 4.79 Å². The molecule has 0 aliphatic heterocycles. The molecule has 1 atom stereocenters. The molecule has 23 heavy (non-hydrogen) atoms. The topological polar surface area (TPSA) is 47.6 Å². The van der Waals surface area contributed by atoms with Crippen molar-refractivity contribution in [3.63, 3.8) is 0 Å². The minimum Gasteiger partial charge on any atom is -0.493 e. The minimum absolute atomic E-state index is 0.00332. The number of carbonyl (C=O) groups is 1. The average Bonchev–Trinajstić information content (AvgIpc) is 2.48. The van der Waals surface area contributed by atoms with Crippen LogP contribution in [0.15, 0.2) is 18.2 Å². The maximum atomic E-state index is 12.7. The van der Waals surface area contributed by atoms with Crippen LogP contribution in [0.5, 0.6) is 11.5 Å². The summed E-state index contributed by atoms with van der Waals surface area (Å²) in [7, 11) is 3.12. The molecule has 130 valence electrons. The van der Waals surface area contributed by atoms with E-state index in [0.29, 0.717) is 23.0 Å². The smallest absolute Gasteiger partial charge is 0.255 e. The lowest BCUT2D eigenvalue weighted by Gasteiger charge is -2.32. The van der Waals surface area contributed by atoms with Crippen molar-refractivity contribution in [1.82, 2.24) is 5.32 Å². The van der Waals surface area contributed by atoms with Crippen LogP contribution >= 0.6 is 0 Å². The summed E-state index contributed by atoms with van der Waals surface area (Å²) in [6.45, 7) is 10.9. The maximum absolute atomic E-state index is 12.7. The number of rotatable bonds is 7. The van der Waals surface area contributed by atoms with Gasteiger partial charge < -0.3 is 14.8 Å². The van der Waals surface area contributed by atoms with Gasteiger partial charge in [-0.15, -0.1) is 0 Å². The van der Waals surface area contributed by atoms with Crippen LogP contribution in [0.3, 0.4) is 0 Å². The molecule has 0 aliphatic rings. The highest BCUT2D eigenvalue weighted by atomic mass is 16.5. The van der Waals surface area contributed by atoms with Crippen molar-refractivity contribution in [2.45, 2.75) is 53.5 Å². The SMILES string of the molecule is COc1cccc(C(=O)NC(CCC(C)C)C(C)(C)C)c1OC. The van der Waals surface area contributed by atoms with E-state index in [-0.39, 0.29) is 17.4 Å². The fraction of sp³-hybridized carbons (Fsp3) is 0.632. The monoisotopic (exact) mass is 321 g/mol. The molecular formula is C19H31NO3. The lowest BCUT2D eigenvalue weighted by Crippen LogP contribution is -2.44. The largest absolute Gasteiger partial charge is 0.493 e. The number of amides is 1. The van der Waals surface area contributed by atoms with Crippen molar-refractivity contribution < 1.29 is 14.3 Å². The predicted octanol–water partition coefficient (Wildman–Crippen LogP) is 4.28. The van der Waals surface area contributed by atoms with E-state index in [1.807, 2.05) is 0 Å². The first-order valence-corrected chi connectivity index (χ1v) is 8.22. The Morgan fingerprint density at radius 3 is 2.26 bits per heavy atom. The van der Waals surface area contributed by atoms with Crippen LogP contribution in [0.1, 0.15) is 57.8 Å². The van der Waals surface area contributed by atoms with Gasteiger partial charge in [0.25, 0.3) is 5.91 Å². The molecule has 0 aromatic heterocycles. The van der Waals surface area contributed by atoms with Crippen molar-refractivity contribution in [2.75, 3.05) is 14.2 Å². The molecule has 1 N–H and O–H groups in total. The third kappa shape index (κ3) is 5.45. The van der Waals surface area contributed by atoms with Crippen LogP contribution in [-0.4, -0.2) is 26.2 Å². The molecule has 0 bridgehead atoms. The van der Waals surface area contributed by atoms with Gasteiger partial charge in [-0.25, -0.2) is 0 Å². The highest BCUT2D eigenvalue weighted by molar-refractivity contribution is 5.98. The summed E-state index contributed by atoms with van der Waals surface area (Å²) in [5.74, 6) is 1.53. The van der Waals surface area contributed by atoms with Crippen LogP contribution < -0.4 is 14.8 Å². The quantitative estimate of drug-likeness (QED) is 0.815. The number of methoxy groups -OCH3 is 2. The summed E-state index contributed by atoms with van der Waals surface area (Å²) in [6.07, 6.45) is 2.04. The van der Waals surface area contributed by atoms with Gasteiger partial charge in [0.05, 0.1) is 19.8 Å². The second-order valence-corrected chi connectivity index (χ2v) is 7.40. The number of carbonyl (C=O) groups excluding carboxylic acids is 1. The molecule has 0 aliphatic carbocycles. The Balaban J connectivity index is 2.99. The number of benzene rings is 1. The van der Waals surface area contributed by atoms with Crippen LogP contribution in [0.25, 0.3) is 0 Å². The van der Waals surface area contributed by atoms with Crippen LogP contribution in [0, 0.1) is 11.3 Å². The van der Waals surface area contributed by atoms with Crippen LogP contribution in [-0.2, 0) is 0 Å². The first-order valence-electron chi connectivity index (χ1n) is 8.22. The Bertz CT molecular complexity index is 518.